The van der Waals surface area contributed by atoms with Gasteiger partial charge in [-0.15, -0.1) is 0 Å². The number of nitrogens with one attached hydrogen (secondary N) is 1. The quantitative estimate of drug-likeness (QED) is 0.783. The summed E-state index contributed by atoms with van der Waals surface area (Å²) in [6, 6.07) is 0. The molecule has 3 N–H and O–H groups in total. The molecule has 2 atom stereocenters. The molecule has 0 bridgehead atoms. The molecule has 2 amide bonds. The summed E-state index contributed by atoms with van der Waals surface area (Å²) in [6.07, 6.45) is 6.81. The lowest BCUT2D eigenvalue weighted by Gasteiger charge is -2.37. The predicted molar refractivity (Wildman–Crippen MR) is 94.7 cm³/mol. The smallest absolute Gasteiger partial charge is 0.224 e. The van der Waals surface area contributed by atoms with Crippen LogP contribution in [0.5, 0.6) is 0 Å². The van der Waals surface area contributed by atoms with E-state index >= 15 is 0 Å². The standard InChI is InChI=1S/C19H36N2O2/c1-18(2,3)15(17(23)21-19(4,5)6)14(16(20)22)12-11-13-9-7-8-10-13/h13-15H,7-12H2,1-6H3,(H2,20,22)(H,21,23)/t14-,15?/m0/s1. The summed E-state index contributed by atoms with van der Waals surface area (Å²) in [7, 11) is 0. The van der Waals surface area contributed by atoms with E-state index in [0.717, 1.165) is 12.8 Å². The van der Waals surface area contributed by atoms with Crippen molar-refractivity contribution in [3.8, 4) is 0 Å². The van der Waals surface area contributed by atoms with Crippen molar-refractivity contribution in [3.05, 3.63) is 0 Å². The van der Waals surface area contributed by atoms with Crippen LogP contribution in [-0.2, 0) is 9.59 Å². The van der Waals surface area contributed by atoms with Crippen molar-refractivity contribution in [2.24, 2.45) is 28.9 Å². The van der Waals surface area contributed by atoms with E-state index in [1.807, 2.05) is 41.5 Å². The maximum atomic E-state index is 12.8. The number of nitrogens with two attached hydrogens (primary N) is 1. The van der Waals surface area contributed by atoms with E-state index in [-0.39, 0.29) is 28.7 Å². The van der Waals surface area contributed by atoms with Crippen LogP contribution < -0.4 is 11.1 Å². The van der Waals surface area contributed by atoms with Gasteiger partial charge in [-0.2, -0.15) is 0 Å². The first-order chi connectivity index (χ1) is 10.4. The average molecular weight is 325 g/mol. The summed E-state index contributed by atoms with van der Waals surface area (Å²) in [4.78, 5) is 24.9. The van der Waals surface area contributed by atoms with Gasteiger partial charge in [0.05, 0.1) is 5.92 Å². The van der Waals surface area contributed by atoms with Gasteiger partial charge in [0.25, 0.3) is 0 Å². The normalized spacial score (nSPS) is 19.4. The van der Waals surface area contributed by atoms with Crippen LogP contribution in [0.2, 0.25) is 0 Å². The van der Waals surface area contributed by atoms with Crippen LogP contribution in [0.25, 0.3) is 0 Å². The van der Waals surface area contributed by atoms with Gasteiger partial charge in [0.1, 0.15) is 0 Å². The monoisotopic (exact) mass is 324 g/mol. The number of carbonyl (C=O) groups excluding carboxylic acids is 2. The first-order valence-corrected chi connectivity index (χ1v) is 9.03. The molecule has 0 radical (unpaired) electrons. The molecule has 0 aromatic carbocycles. The number of hydrogen-bond donors (Lipinski definition) is 2. The van der Waals surface area contributed by atoms with Crippen LogP contribution in [0.3, 0.4) is 0 Å². The molecule has 0 aromatic heterocycles. The SMILES string of the molecule is CC(C)(C)NC(=O)C([C@H](CCC1CCCC1)C(N)=O)C(C)(C)C. The Morgan fingerprint density at radius 1 is 1.09 bits per heavy atom. The largest absolute Gasteiger partial charge is 0.369 e. The summed E-state index contributed by atoms with van der Waals surface area (Å²) in [5, 5.41) is 3.04. The molecule has 23 heavy (non-hydrogen) atoms. The highest BCUT2D eigenvalue weighted by Crippen LogP contribution is 2.37. The number of rotatable bonds is 6. The van der Waals surface area contributed by atoms with Crippen LogP contribution in [0, 0.1) is 23.2 Å². The molecular weight excluding hydrogens is 288 g/mol. The van der Waals surface area contributed by atoms with Gasteiger partial charge in [-0.3, -0.25) is 9.59 Å². The first-order valence-electron chi connectivity index (χ1n) is 9.03. The van der Waals surface area contributed by atoms with Gasteiger partial charge in [-0.05, 0) is 44.9 Å². The Morgan fingerprint density at radius 2 is 1.61 bits per heavy atom. The fourth-order valence-electron chi connectivity index (χ4n) is 3.81. The highest BCUT2D eigenvalue weighted by Gasteiger charge is 2.41. The molecule has 0 heterocycles. The first kappa shape index (κ1) is 20.0. The van der Waals surface area contributed by atoms with Crippen molar-refractivity contribution in [3.63, 3.8) is 0 Å². The minimum atomic E-state index is -0.391. The van der Waals surface area contributed by atoms with Crippen LogP contribution in [-0.4, -0.2) is 17.4 Å². The molecule has 0 aromatic rings. The van der Waals surface area contributed by atoms with Gasteiger partial charge in [-0.1, -0.05) is 46.5 Å². The third kappa shape index (κ3) is 6.52. The molecule has 0 spiro atoms. The molecule has 0 aliphatic heterocycles. The summed E-state index contributed by atoms with van der Waals surface area (Å²) >= 11 is 0. The average Bonchev–Trinajstić information content (AvgIpc) is 2.82. The van der Waals surface area contributed by atoms with Gasteiger partial charge >= 0.3 is 0 Å². The predicted octanol–water partition coefficient (Wildman–Crippen LogP) is 3.64. The molecule has 134 valence electrons. The van der Waals surface area contributed by atoms with Gasteiger partial charge < -0.3 is 11.1 Å². The molecule has 1 fully saturated rings. The van der Waals surface area contributed by atoms with E-state index in [0.29, 0.717) is 5.92 Å². The number of primary amides is 1. The minimum absolute atomic E-state index is 0.0554. The summed E-state index contributed by atoms with van der Waals surface area (Å²) in [6.45, 7) is 11.9. The van der Waals surface area contributed by atoms with E-state index in [4.69, 9.17) is 5.73 Å². The lowest BCUT2D eigenvalue weighted by Crippen LogP contribution is -2.51. The molecule has 1 unspecified atom stereocenters. The van der Waals surface area contributed by atoms with E-state index < -0.39 is 5.92 Å². The Kier molecular flexibility index (Phi) is 6.67. The maximum Gasteiger partial charge on any atom is 0.224 e. The van der Waals surface area contributed by atoms with Gasteiger partial charge in [-0.25, -0.2) is 0 Å². The van der Waals surface area contributed by atoms with Crippen molar-refractivity contribution in [1.82, 2.24) is 5.32 Å². The Balaban J connectivity index is 2.89. The summed E-state index contributed by atoms with van der Waals surface area (Å²) in [5.41, 5.74) is 5.09. The topological polar surface area (TPSA) is 72.2 Å². The third-order valence-electron chi connectivity index (χ3n) is 4.84. The second-order valence-corrected chi connectivity index (χ2v) is 9.32. The van der Waals surface area contributed by atoms with Crippen molar-refractivity contribution >= 4 is 11.8 Å². The van der Waals surface area contributed by atoms with Crippen molar-refractivity contribution in [1.29, 1.82) is 0 Å². The lowest BCUT2D eigenvalue weighted by molar-refractivity contribution is -0.139. The summed E-state index contributed by atoms with van der Waals surface area (Å²) < 4.78 is 0. The van der Waals surface area contributed by atoms with Gasteiger partial charge in [0.15, 0.2) is 0 Å². The third-order valence-corrected chi connectivity index (χ3v) is 4.84. The lowest BCUT2D eigenvalue weighted by atomic mass is 9.70. The van der Waals surface area contributed by atoms with E-state index in [1.165, 1.54) is 25.7 Å². The van der Waals surface area contributed by atoms with Crippen LogP contribution in [0.15, 0.2) is 0 Å². The molecule has 1 rings (SSSR count). The fourth-order valence-corrected chi connectivity index (χ4v) is 3.81. The zero-order valence-corrected chi connectivity index (χ0v) is 15.9. The molecule has 4 heteroatoms. The molecule has 4 nitrogen and oxygen atoms in total. The molecule has 1 aliphatic rings. The van der Waals surface area contributed by atoms with E-state index in [9.17, 15) is 9.59 Å². The van der Waals surface area contributed by atoms with Crippen LogP contribution in [0.4, 0.5) is 0 Å². The van der Waals surface area contributed by atoms with Crippen molar-refractivity contribution in [2.45, 2.75) is 85.6 Å². The Hall–Kier alpha value is -1.06. The van der Waals surface area contributed by atoms with Crippen molar-refractivity contribution in [2.75, 3.05) is 0 Å². The number of carbonyl (C=O) groups is 2. The van der Waals surface area contributed by atoms with E-state index in [1.54, 1.807) is 0 Å². The zero-order valence-electron chi connectivity index (χ0n) is 15.9. The maximum absolute atomic E-state index is 12.8. The van der Waals surface area contributed by atoms with Crippen LogP contribution in [0.1, 0.15) is 80.1 Å². The Morgan fingerprint density at radius 3 is 2.00 bits per heavy atom. The Labute approximate surface area is 142 Å². The second kappa shape index (κ2) is 7.67. The van der Waals surface area contributed by atoms with E-state index in [2.05, 4.69) is 5.32 Å². The fraction of sp³-hybridized carbons (Fsp3) is 0.895. The minimum Gasteiger partial charge on any atom is -0.369 e. The second-order valence-electron chi connectivity index (χ2n) is 9.32. The Bertz CT molecular complexity index is 412. The molecule has 1 saturated carbocycles. The summed E-state index contributed by atoms with van der Waals surface area (Å²) in [5.74, 6) is -0.478. The van der Waals surface area contributed by atoms with Crippen molar-refractivity contribution < 1.29 is 9.59 Å². The van der Waals surface area contributed by atoms with Gasteiger partial charge in [0.2, 0.25) is 11.8 Å². The molecule has 0 saturated heterocycles. The molecule has 1 aliphatic carbocycles. The van der Waals surface area contributed by atoms with Gasteiger partial charge in [0, 0.05) is 11.5 Å². The molecular formula is C19H36N2O2. The van der Waals surface area contributed by atoms with Crippen LogP contribution >= 0.6 is 0 Å². The highest BCUT2D eigenvalue weighted by atomic mass is 16.2. The zero-order chi connectivity index (χ0) is 17.8. The number of hydrogen-bond acceptors (Lipinski definition) is 2. The highest BCUT2D eigenvalue weighted by molar-refractivity contribution is 5.87. The number of amides is 2.